The van der Waals surface area contributed by atoms with Crippen LogP contribution in [-0.2, 0) is 9.47 Å². The fraction of sp³-hybridized carbons (Fsp3) is 0.667. The summed E-state index contributed by atoms with van der Waals surface area (Å²) in [5, 5.41) is 2.83. The molecular weight excluding hydrogens is 548 g/mol. The molecule has 42 heavy (non-hydrogen) atoms. The van der Waals surface area contributed by atoms with Gasteiger partial charge in [-0.15, -0.1) is 0 Å². The molecule has 12 heteroatoms. The molecule has 232 valence electrons. The third-order valence-electron chi connectivity index (χ3n) is 7.23. The van der Waals surface area contributed by atoms with Crippen molar-refractivity contribution in [3.8, 4) is 5.75 Å². The van der Waals surface area contributed by atoms with Gasteiger partial charge in [0.25, 0.3) is 0 Å². The highest BCUT2D eigenvalue weighted by molar-refractivity contribution is 5.69. The second-order valence-electron chi connectivity index (χ2n) is 13.1. The average Bonchev–Trinajstić information content (AvgIpc) is 3.30. The fourth-order valence-corrected chi connectivity index (χ4v) is 5.23. The summed E-state index contributed by atoms with van der Waals surface area (Å²) in [7, 11) is 0. The zero-order valence-corrected chi connectivity index (χ0v) is 25.4. The summed E-state index contributed by atoms with van der Waals surface area (Å²) in [6, 6.07) is -0.540. The Bertz CT molecular complexity index is 1170. The summed E-state index contributed by atoms with van der Waals surface area (Å²) >= 11 is 0. The largest absolute Gasteiger partial charge is 0.490 e. The van der Waals surface area contributed by atoms with Gasteiger partial charge in [0.15, 0.2) is 5.75 Å². The van der Waals surface area contributed by atoms with E-state index < -0.39 is 41.3 Å². The molecule has 0 saturated carbocycles. The van der Waals surface area contributed by atoms with Crippen LogP contribution in [-0.4, -0.2) is 83.3 Å². The summed E-state index contributed by atoms with van der Waals surface area (Å²) in [6.07, 6.45) is 5.11. The molecule has 0 radical (unpaired) electrons. The van der Waals surface area contributed by atoms with Gasteiger partial charge in [-0.1, -0.05) is 0 Å². The van der Waals surface area contributed by atoms with Crippen LogP contribution in [0.25, 0.3) is 0 Å². The van der Waals surface area contributed by atoms with Gasteiger partial charge in [-0.05, 0) is 78.0 Å². The quantitative estimate of drug-likeness (QED) is 0.472. The SMILES string of the molecule is CC(C)(C)OC(=O)N[C@H]1CN(c2ncc(OCC3CCN(C(=O)OC(C)(C)C)CC3)cn2)C[C@@H]1C1=CC(F)CC=C1F. The number of anilines is 1. The molecule has 2 fully saturated rings. The third-order valence-corrected chi connectivity index (χ3v) is 7.23. The van der Waals surface area contributed by atoms with E-state index in [4.69, 9.17) is 14.2 Å². The Kier molecular flexibility index (Phi) is 9.62. The number of piperidine rings is 1. The van der Waals surface area contributed by atoms with Crippen molar-refractivity contribution >= 4 is 18.1 Å². The minimum Gasteiger partial charge on any atom is -0.490 e. The molecule has 0 spiro atoms. The number of carbonyl (C=O) groups excluding carboxylic acids is 2. The number of carbonyl (C=O) groups is 2. The van der Waals surface area contributed by atoms with E-state index in [1.807, 2.05) is 25.7 Å². The molecule has 2 amide bonds. The Hall–Kier alpha value is -3.44. The fourth-order valence-electron chi connectivity index (χ4n) is 5.23. The predicted molar refractivity (Wildman–Crippen MR) is 154 cm³/mol. The molecule has 3 heterocycles. The number of ether oxygens (including phenoxy) is 3. The van der Waals surface area contributed by atoms with Crippen molar-refractivity contribution in [2.45, 2.75) is 84.2 Å². The Morgan fingerprint density at radius 2 is 1.67 bits per heavy atom. The minimum absolute atomic E-state index is 0.0106. The van der Waals surface area contributed by atoms with Crippen molar-refractivity contribution in [2.75, 3.05) is 37.7 Å². The third kappa shape index (κ3) is 8.78. The van der Waals surface area contributed by atoms with Gasteiger partial charge in [-0.2, -0.15) is 0 Å². The Morgan fingerprint density at radius 3 is 2.29 bits per heavy atom. The summed E-state index contributed by atoms with van der Waals surface area (Å²) in [4.78, 5) is 37.3. The molecule has 3 atom stereocenters. The van der Waals surface area contributed by atoms with Crippen LogP contribution in [0.1, 0.15) is 60.8 Å². The first-order valence-electron chi connectivity index (χ1n) is 14.6. The topological polar surface area (TPSA) is 106 Å². The van der Waals surface area contributed by atoms with Gasteiger partial charge in [0.05, 0.1) is 25.0 Å². The van der Waals surface area contributed by atoms with Gasteiger partial charge in [-0.3, -0.25) is 0 Å². The van der Waals surface area contributed by atoms with Gasteiger partial charge < -0.3 is 29.3 Å². The lowest BCUT2D eigenvalue weighted by Gasteiger charge is -2.33. The molecule has 1 unspecified atom stereocenters. The van der Waals surface area contributed by atoms with Crippen LogP contribution >= 0.6 is 0 Å². The van der Waals surface area contributed by atoms with Crippen LogP contribution in [0.2, 0.25) is 0 Å². The number of nitrogens with one attached hydrogen (secondary N) is 1. The van der Waals surface area contributed by atoms with Gasteiger partial charge in [-0.25, -0.2) is 28.3 Å². The van der Waals surface area contributed by atoms with Crippen molar-refractivity contribution in [3.05, 3.63) is 35.9 Å². The summed E-state index contributed by atoms with van der Waals surface area (Å²) in [6.45, 7) is 13.1. The molecule has 2 saturated heterocycles. The molecule has 0 bridgehead atoms. The van der Waals surface area contributed by atoms with E-state index >= 15 is 0 Å². The first-order chi connectivity index (χ1) is 19.7. The van der Waals surface area contributed by atoms with Crippen LogP contribution in [0.15, 0.2) is 35.9 Å². The number of nitrogens with zero attached hydrogens (tertiary/aromatic N) is 4. The van der Waals surface area contributed by atoms with Crippen molar-refractivity contribution in [3.63, 3.8) is 0 Å². The van der Waals surface area contributed by atoms with E-state index in [0.717, 1.165) is 12.8 Å². The number of aromatic nitrogens is 2. The van der Waals surface area contributed by atoms with Crippen molar-refractivity contribution in [2.24, 2.45) is 11.8 Å². The lowest BCUT2D eigenvalue weighted by molar-refractivity contribution is 0.0164. The van der Waals surface area contributed by atoms with E-state index in [1.54, 1.807) is 38.1 Å². The number of alkyl halides is 1. The normalized spacial score (nSPS) is 23.7. The molecule has 0 aromatic carbocycles. The smallest absolute Gasteiger partial charge is 0.410 e. The van der Waals surface area contributed by atoms with Crippen molar-refractivity contribution in [1.82, 2.24) is 20.2 Å². The van der Waals surface area contributed by atoms with E-state index in [9.17, 15) is 18.4 Å². The van der Waals surface area contributed by atoms with E-state index in [2.05, 4.69) is 15.3 Å². The molecule has 1 aliphatic carbocycles. The molecule has 1 aromatic heterocycles. The number of rotatable bonds is 6. The summed E-state index contributed by atoms with van der Waals surface area (Å²) in [5.74, 6) is 0.195. The molecule has 1 N–H and O–H groups in total. The van der Waals surface area contributed by atoms with Crippen LogP contribution in [0.3, 0.4) is 0 Å². The number of likely N-dealkylation sites (tertiary alicyclic amines) is 1. The average molecular weight is 592 g/mol. The highest BCUT2D eigenvalue weighted by atomic mass is 19.1. The highest BCUT2D eigenvalue weighted by Gasteiger charge is 2.40. The number of amides is 2. The molecule has 4 rings (SSSR count). The number of allylic oxidation sites excluding steroid dienone is 3. The van der Waals surface area contributed by atoms with E-state index in [0.29, 0.717) is 37.9 Å². The van der Waals surface area contributed by atoms with Crippen molar-refractivity contribution < 1.29 is 32.6 Å². The van der Waals surface area contributed by atoms with Gasteiger partial charge in [0, 0.05) is 38.5 Å². The Labute approximate surface area is 246 Å². The molecule has 1 aromatic rings. The standard InChI is InChI=1S/C30H43F2N5O5/c1-29(2,3)41-27(38)35-25-17-37(16-23(25)22-13-20(31)7-8-24(22)32)26-33-14-21(15-34-26)40-18-19-9-11-36(12-10-19)28(39)42-30(4,5)6/h8,13-15,19-20,23,25H,7,9-12,16-18H2,1-6H3,(H,35,38)/t20?,23-,25+/m1/s1. The second-order valence-corrected chi connectivity index (χ2v) is 13.1. The maximum atomic E-state index is 14.8. The van der Waals surface area contributed by atoms with Gasteiger partial charge >= 0.3 is 12.2 Å². The Balaban J connectivity index is 1.34. The molecular formula is C30H43F2N5O5. The zero-order chi connectivity index (χ0) is 30.7. The molecule has 10 nitrogen and oxygen atoms in total. The maximum absolute atomic E-state index is 14.8. The van der Waals surface area contributed by atoms with E-state index in [-0.39, 0.29) is 30.5 Å². The van der Waals surface area contributed by atoms with Crippen LogP contribution in [0.5, 0.6) is 5.75 Å². The van der Waals surface area contributed by atoms with Crippen LogP contribution in [0, 0.1) is 11.8 Å². The summed E-state index contributed by atoms with van der Waals surface area (Å²) < 4.78 is 45.8. The second kappa shape index (κ2) is 12.8. The number of halogens is 2. The first-order valence-corrected chi connectivity index (χ1v) is 14.6. The maximum Gasteiger partial charge on any atom is 0.410 e. The number of alkyl carbamates (subject to hydrolysis) is 1. The minimum atomic E-state index is -1.28. The lowest BCUT2D eigenvalue weighted by atomic mass is 9.89. The molecule has 3 aliphatic rings. The zero-order valence-electron chi connectivity index (χ0n) is 25.4. The first kappa shape index (κ1) is 31.5. The Morgan fingerprint density at radius 1 is 1.02 bits per heavy atom. The summed E-state index contributed by atoms with van der Waals surface area (Å²) in [5.41, 5.74) is -0.993. The van der Waals surface area contributed by atoms with Crippen molar-refractivity contribution in [1.29, 1.82) is 0 Å². The number of hydrogen-bond donors (Lipinski definition) is 1. The molecule has 2 aliphatic heterocycles. The van der Waals surface area contributed by atoms with E-state index in [1.165, 1.54) is 12.2 Å². The predicted octanol–water partition coefficient (Wildman–Crippen LogP) is 5.35. The monoisotopic (exact) mass is 591 g/mol. The van der Waals surface area contributed by atoms with Crippen LogP contribution in [0.4, 0.5) is 24.3 Å². The van der Waals surface area contributed by atoms with Gasteiger partial charge in [0.2, 0.25) is 5.95 Å². The van der Waals surface area contributed by atoms with Gasteiger partial charge in [0.1, 0.15) is 23.2 Å². The lowest BCUT2D eigenvalue weighted by Crippen LogP contribution is -2.44. The highest BCUT2D eigenvalue weighted by Crippen LogP contribution is 2.35. The van der Waals surface area contributed by atoms with Crippen LogP contribution < -0.4 is 15.0 Å². The number of hydrogen-bond acceptors (Lipinski definition) is 8.